The van der Waals surface area contributed by atoms with Gasteiger partial charge in [-0.15, -0.1) is 0 Å². The van der Waals surface area contributed by atoms with Crippen LogP contribution in [0.3, 0.4) is 0 Å². The van der Waals surface area contributed by atoms with Crippen molar-refractivity contribution >= 4 is 10.0 Å². The summed E-state index contributed by atoms with van der Waals surface area (Å²) in [6, 6.07) is 0.824. The highest BCUT2D eigenvalue weighted by Crippen LogP contribution is 2.27. The predicted octanol–water partition coefficient (Wildman–Crippen LogP) is -0.213. The largest absolute Gasteiger partial charge is 0.378 e. The van der Waals surface area contributed by atoms with Gasteiger partial charge in [0.05, 0.1) is 19.5 Å². The van der Waals surface area contributed by atoms with Crippen LogP contribution in [0.4, 0.5) is 0 Å². The standard InChI is InChI=1S/C10H20N2O3S/c1-3-12-9-4-8(11-16(2,13)14)5-10(12)7-15-6-9/h8-11H,3-7H2,1-2H3/t8-,9+,10?/m1/s1. The highest BCUT2D eigenvalue weighted by Gasteiger charge is 2.38. The van der Waals surface area contributed by atoms with E-state index in [9.17, 15) is 8.42 Å². The SMILES string of the molecule is CCN1C2COC[C@@H]1C[C@@H](NS(C)(=O)=O)C2. The molecular formula is C10H20N2O3S. The zero-order chi connectivity index (χ0) is 11.8. The molecule has 2 saturated heterocycles. The van der Waals surface area contributed by atoms with E-state index in [1.165, 1.54) is 6.26 Å². The number of nitrogens with zero attached hydrogens (tertiary/aromatic N) is 1. The molecule has 94 valence electrons. The maximum absolute atomic E-state index is 11.2. The van der Waals surface area contributed by atoms with Crippen molar-refractivity contribution in [3.05, 3.63) is 0 Å². The Bertz CT molecular complexity index is 330. The number of rotatable bonds is 3. The van der Waals surface area contributed by atoms with Gasteiger partial charge in [0.25, 0.3) is 0 Å². The highest BCUT2D eigenvalue weighted by atomic mass is 32.2. The van der Waals surface area contributed by atoms with Gasteiger partial charge in [0.1, 0.15) is 0 Å². The number of likely N-dealkylation sites (N-methyl/N-ethyl adjacent to an activating group) is 1. The molecule has 0 amide bonds. The zero-order valence-electron chi connectivity index (χ0n) is 9.85. The first-order valence-corrected chi connectivity index (χ1v) is 7.69. The van der Waals surface area contributed by atoms with Gasteiger partial charge in [-0.3, -0.25) is 4.90 Å². The lowest BCUT2D eigenvalue weighted by atomic mass is 9.91. The zero-order valence-corrected chi connectivity index (χ0v) is 10.7. The monoisotopic (exact) mass is 248 g/mol. The lowest BCUT2D eigenvalue weighted by Gasteiger charge is -2.48. The number of fused-ring (bicyclic) bond motifs is 2. The van der Waals surface area contributed by atoms with Crippen LogP contribution in [0.1, 0.15) is 19.8 Å². The molecule has 2 rings (SSSR count). The fourth-order valence-corrected chi connectivity index (χ4v) is 3.70. The van der Waals surface area contributed by atoms with Crippen LogP contribution < -0.4 is 4.72 Å². The average molecular weight is 248 g/mol. The fraction of sp³-hybridized carbons (Fsp3) is 1.00. The van der Waals surface area contributed by atoms with E-state index < -0.39 is 10.0 Å². The molecular weight excluding hydrogens is 228 g/mol. The summed E-state index contributed by atoms with van der Waals surface area (Å²) in [4.78, 5) is 2.43. The molecule has 0 aromatic carbocycles. The van der Waals surface area contributed by atoms with Crippen molar-refractivity contribution in [1.29, 1.82) is 0 Å². The van der Waals surface area contributed by atoms with E-state index in [0.29, 0.717) is 12.1 Å². The minimum atomic E-state index is -3.09. The molecule has 0 saturated carbocycles. The number of hydrogen-bond acceptors (Lipinski definition) is 4. The van der Waals surface area contributed by atoms with Gasteiger partial charge < -0.3 is 4.74 Å². The van der Waals surface area contributed by atoms with Crippen molar-refractivity contribution in [2.24, 2.45) is 0 Å². The molecule has 3 atom stereocenters. The smallest absolute Gasteiger partial charge is 0.208 e. The molecule has 0 aromatic heterocycles. The van der Waals surface area contributed by atoms with Crippen LogP contribution in [0.15, 0.2) is 0 Å². The van der Waals surface area contributed by atoms with Crippen LogP contribution in [0.25, 0.3) is 0 Å². The minimum Gasteiger partial charge on any atom is -0.378 e. The molecule has 2 fully saturated rings. The first-order chi connectivity index (χ1) is 7.49. The normalized spacial score (nSPS) is 36.2. The Kier molecular flexibility index (Phi) is 3.53. The molecule has 2 aliphatic heterocycles. The second kappa shape index (κ2) is 4.60. The van der Waals surface area contributed by atoms with Crippen molar-refractivity contribution in [3.8, 4) is 0 Å². The van der Waals surface area contributed by atoms with E-state index in [1.807, 2.05) is 0 Å². The number of piperidine rings is 1. The van der Waals surface area contributed by atoms with Gasteiger partial charge in [-0.1, -0.05) is 6.92 Å². The third kappa shape index (κ3) is 2.74. The van der Waals surface area contributed by atoms with E-state index in [-0.39, 0.29) is 6.04 Å². The van der Waals surface area contributed by atoms with Gasteiger partial charge in [0, 0.05) is 18.1 Å². The Morgan fingerprint density at radius 1 is 1.31 bits per heavy atom. The Labute approximate surface area is 97.2 Å². The third-order valence-electron chi connectivity index (χ3n) is 3.42. The van der Waals surface area contributed by atoms with E-state index in [1.54, 1.807) is 0 Å². The van der Waals surface area contributed by atoms with E-state index in [2.05, 4.69) is 16.5 Å². The minimum absolute atomic E-state index is 0.0803. The second-order valence-corrected chi connectivity index (χ2v) is 6.51. The van der Waals surface area contributed by atoms with Gasteiger partial charge in [-0.2, -0.15) is 0 Å². The lowest BCUT2D eigenvalue weighted by Crippen LogP contribution is -2.60. The van der Waals surface area contributed by atoms with Gasteiger partial charge in [-0.25, -0.2) is 13.1 Å². The summed E-state index contributed by atoms with van der Waals surface area (Å²) >= 11 is 0. The number of morpholine rings is 1. The predicted molar refractivity (Wildman–Crippen MR) is 61.8 cm³/mol. The van der Waals surface area contributed by atoms with Gasteiger partial charge >= 0.3 is 0 Å². The Hall–Kier alpha value is -0.170. The highest BCUT2D eigenvalue weighted by molar-refractivity contribution is 7.88. The maximum atomic E-state index is 11.2. The van der Waals surface area contributed by atoms with Gasteiger partial charge in [0.2, 0.25) is 10.0 Å². The Morgan fingerprint density at radius 2 is 1.88 bits per heavy atom. The van der Waals surface area contributed by atoms with Crippen LogP contribution in [0.2, 0.25) is 0 Å². The summed E-state index contributed by atoms with van der Waals surface area (Å²) in [5.41, 5.74) is 0. The molecule has 1 unspecified atom stereocenters. The molecule has 2 bridgehead atoms. The Morgan fingerprint density at radius 3 is 2.31 bits per heavy atom. The van der Waals surface area contributed by atoms with Crippen LogP contribution in [0.5, 0.6) is 0 Å². The number of sulfonamides is 1. The summed E-state index contributed by atoms with van der Waals surface area (Å²) in [5, 5.41) is 0. The van der Waals surface area contributed by atoms with Crippen molar-refractivity contribution < 1.29 is 13.2 Å². The molecule has 0 aromatic rings. The molecule has 2 heterocycles. The van der Waals surface area contributed by atoms with Crippen molar-refractivity contribution in [2.45, 2.75) is 37.9 Å². The first kappa shape index (κ1) is 12.3. The van der Waals surface area contributed by atoms with Crippen molar-refractivity contribution in [2.75, 3.05) is 26.0 Å². The molecule has 2 aliphatic rings. The van der Waals surface area contributed by atoms with Gasteiger partial charge in [-0.05, 0) is 19.4 Å². The van der Waals surface area contributed by atoms with Crippen LogP contribution in [0, 0.1) is 0 Å². The summed E-state index contributed by atoms with van der Waals surface area (Å²) in [5.74, 6) is 0. The number of hydrogen-bond donors (Lipinski definition) is 1. The molecule has 0 radical (unpaired) electrons. The summed E-state index contributed by atoms with van der Waals surface area (Å²) in [7, 11) is -3.09. The molecule has 0 spiro atoms. The fourth-order valence-electron chi connectivity index (χ4n) is 2.91. The van der Waals surface area contributed by atoms with E-state index in [0.717, 1.165) is 32.6 Å². The van der Waals surface area contributed by atoms with E-state index in [4.69, 9.17) is 4.74 Å². The molecule has 5 nitrogen and oxygen atoms in total. The average Bonchev–Trinajstić information content (AvgIpc) is 2.13. The van der Waals surface area contributed by atoms with Crippen LogP contribution in [-0.4, -0.2) is 57.5 Å². The van der Waals surface area contributed by atoms with Crippen molar-refractivity contribution in [1.82, 2.24) is 9.62 Å². The lowest BCUT2D eigenvalue weighted by molar-refractivity contribution is -0.0764. The second-order valence-electron chi connectivity index (χ2n) is 4.73. The first-order valence-electron chi connectivity index (χ1n) is 5.80. The third-order valence-corrected chi connectivity index (χ3v) is 4.18. The molecule has 6 heteroatoms. The van der Waals surface area contributed by atoms with Crippen LogP contribution >= 0.6 is 0 Å². The Balaban J connectivity index is 2.03. The van der Waals surface area contributed by atoms with Crippen LogP contribution in [-0.2, 0) is 14.8 Å². The molecule has 0 aliphatic carbocycles. The number of ether oxygens (including phenoxy) is 1. The molecule has 1 N–H and O–H groups in total. The van der Waals surface area contributed by atoms with E-state index >= 15 is 0 Å². The number of nitrogens with one attached hydrogen (secondary N) is 1. The summed E-state index contributed by atoms with van der Waals surface area (Å²) in [6.45, 7) is 4.62. The van der Waals surface area contributed by atoms with Crippen molar-refractivity contribution in [3.63, 3.8) is 0 Å². The molecule has 16 heavy (non-hydrogen) atoms. The summed E-state index contributed by atoms with van der Waals surface area (Å²) < 4.78 is 30.7. The quantitative estimate of drug-likeness (QED) is 0.750. The maximum Gasteiger partial charge on any atom is 0.208 e. The van der Waals surface area contributed by atoms with Gasteiger partial charge in [0.15, 0.2) is 0 Å². The summed E-state index contributed by atoms with van der Waals surface area (Å²) in [6.07, 6.45) is 2.94. The topological polar surface area (TPSA) is 58.6 Å².